The molecule has 0 bridgehead atoms. The number of rotatable bonds is 5. The van der Waals surface area contributed by atoms with Crippen LogP contribution in [0.1, 0.15) is 24.2 Å². The van der Waals surface area contributed by atoms with Crippen molar-refractivity contribution in [2.24, 2.45) is 0 Å². The van der Waals surface area contributed by atoms with Crippen LogP contribution in [-0.2, 0) is 6.42 Å². The lowest BCUT2D eigenvalue weighted by atomic mass is 10.0. The number of hydrogen-bond acceptors (Lipinski definition) is 2. The van der Waals surface area contributed by atoms with Gasteiger partial charge in [0.2, 0.25) is 0 Å². The van der Waals surface area contributed by atoms with Crippen molar-refractivity contribution in [1.29, 1.82) is 0 Å². The lowest BCUT2D eigenvalue weighted by Gasteiger charge is -2.16. The molecule has 2 aromatic carbocycles. The maximum Gasteiger partial charge on any atom is 0.125 e. The normalized spacial score (nSPS) is 12.2. The third-order valence-corrected chi connectivity index (χ3v) is 3.94. The van der Waals surface area contributed by atoms with Gasteiger partial charge < -0.3 is 9.84 Å². The van der Waals surface area contributed by atoms with Gasteiger partial charge in [-0.15, -0.1) is 0 Å². The first kappa shape index (κ1) is 15.5. The molecule has 0 aliphatic heterocycles. The highest BCUT2D eigenvalue weighted by Gasteiger charge is 2.15. The molecule has 1 N–H and O–H groups in total. The van der Waals surface area contributed by atoms with Crippen LogP contribution in [0.2, 0.25) is 0 Å². The highest BCUT2D eigenvalue weighted by molar-refractivity contribution is 9.10. The van der Waals surface area contributed by atoms with E-state index in [2.05, 4.69) is 31.9 Å². The van der Waals surface area contributed by atoms with Gasteiger partial charge in [0.25, 0.3) is 0 Å². The molecule has 0 aliphatic carbocycles. The van der Waals surface area contributed by atoms with E-state index in [1.54, 1.807) is 0 Å². The SMILES string of the molecule is CCOc1ccc(Br)cc1C(O)Cc1cccc(Br)c1. The summed E-state index contributed by atoms with van der Waals surface area (Å²) in [5, 5.41) is 10.5. The Morgan fingerprint density at radius 3 is 2.55 bits per heavy atom. The first-order valence-corrected chi connectivity index (χ1v) is 8.03. The zero-order valence-electron chi connectivity index (χ0n) is 11.1. The Labute approximate surface area is 136 Å². The molecule has 0 saturated carbocycles. The van der Waals surface area contributed by atoms with E-state index >= 15 is 0 Å². The van der Waals surface area contributed by atoms with Crippen molar-refractivity contribution in [3.05, 3.63) is 62.5 Å². The van der Waals surface area contributed by atoms with E-state index in [9.17, 15) is 5.11 Å². The highest BCUT2D eigenvalue weighted by Crippen LogP contribution is 2.31. The van der Waals surface area contributed by atoms with Gasteiger partial charge in [0.05, 0.1) is 12.7 Å². The van der Waals surface area contributed by atoms with E-state index in [1.807, 2.05) is 49.4 Å². The Bertz CT molecular complexity index is 584. The van der Waals surface area contributed by atoms with E-state index in [1.165, 1.54) is 0 Å². The Morgan fingerprint density at radius 2 is 1.85 bits per heavy atom. The zero-order chi connectivity index (χ0) is 14.5. The summed E-state index contributed by atoms with van der Waals surface area (Å²) in [4.78, 5) is 0. The van der Waals surface area contributed by atoms with Gasteiger partial charge in [-0.1, -0.05) is 44.0 Å². The molecule has 106 valence electrons. The Kier molecular flexibility index (Phi) is 5.64. The maximum atomic E-state index is 10.5. The van der Waals surface area contributed by atoms with Gasteiger partial charge >= 0.3 is 0 Å². The molecule has 2 rings (SSSR count). The van der Waals surface area contributed by atoms with Gasteiger partial charge in [0.1, 0.15) is 5.75 Å². The van der Waals surface area contributed by atoms with Crippen molar-refractivity contribution < 1.29 is 9.84 Å². The first-order valence-electron chi connectivity index (χ1n) is 6.45. The fourth-order valence-electron chi connectivity index (χ4n) is 2.06. The molecular weight excluding hydrogens is 384 g/mol. The Hall–Kier alpha value is -0.840. The average Bonchev–Trinajstić information content (AvgIpc) is 2.41. The van der Waals surface area contributed by atoms with E-state index in [4.69, 9.17) is 4.74 Å². The third-order valence-electron chi connectivity index (χ3n) is 2.95. The summed E-state index contributed by atoms with van der Waals surface area (Å²) in [7, 11) is 0. The second-order valence-electron chi connectivity index (χ2n) is 4.47. The molecule has 2 nitrogen and oxygen atoms in total. The summed E-state index contributed by atoms with van der Waals surface area (Å²) in [6, 6.07) is 13.7. The lowest BCUT2D eigenvalue weighted by Crippen LogP contribution is -2.05. The number of halogens is 2. The fourth-order valence-corrected chi connectivity index (χ4v) is 2.89. The number of hydrogen-bond donors (Lipinski definition) is 1. The standard InChI is InChI=1S/C16H16Br2O2/c1-2-20-16-7-6-13(18)10-14(16)15(19)9-11-4-3-5-12(17)8-11/h3-8,10,15,19H,2,9H2,1H3. The van der Waals surface area contributed by atoms with E-state index in [-0.39, 0.29) is 0 Å². The zero-order valence-corrected chi connectivity index (χ0v) is 14.3. The highest BCUT2D eigenvalue weighted by atomic mass is 79.9. The van der Waals surface area contributed by atoms with Crippen LogP contribution in [0.15, 0.2) is 51.4 Å². The number of benzene rings is 2. The van der Waals surface area contributed by atoms with E-state index in [0.717, 1.165) is 25.8 Å². The van der Waals surface area contributed by atoms with Crippen LogP contribution < -0.4 is 4.74 Å². The van der Waals surface area contributed by atoms with Gasteiger partial charge in [0, 0.05) is 20.9 Å². The van der Waals surface area contributed by atoms with Crippen LogP contribution in [0.4, 0.5) is 0 Å². The Morgan fingerprint density at radius 1 is 1.10 bits per heavy atom. The van der Waals surface area contributed by atoms with Crippen molar-refractivity contribution >= 4 is 31.9 Å². The molecule has 0 aromatic heterocycles. The summed E-state index contributed by atoms with van der Waals surface area (Å²) >= 11 is 6.88. The molecule has 20 heavy (non-hydrogen) atoms. The monoisotopic (exact) mass is 398 g/mol. The molecule has 0 saturated heterocycles. The van der Waals surface area contributed by atoms with Gasteiger partial charge in [-0.05, 0) is 42.8 Å². The summed E-state index contributed by atoms with van der Waals surface area (Å²) in [5.74, 6) is 0.734. The van der Waals surface area contributed by atoms with Crippen LogP contribution in [0.3, 0.4) is 0 Å². The number of aliphatic hydroxyl groups is 1. The molecule has 0 amide bonds. The van der Waals surface area contributed by atoms with Gasteiger partial charge in [0.15, 0.2) is 0 Å². The van der Waals surface area contributed by atoms with Gasteiger partial charge in [-0.3, -0.25) is 0 Å². The molecular formula is C16H16Br2O2. The predicted octanol–water partition coefficient (Wildman–Crippen LogP) is 4.89. The van der Waals surface area contributed by atoms with Gasteiger partial charge in [-0.25, -0.2) is 0 Å². The third kappa shape index (κ3) is 4.08. The van der Waals surface area contributed by atoms with Crippen molar-refractivity contribution in [2.75, 3.05) is 6.61 Å². The molecule has 0 radical (unpaired) electrons. The molecule has 4 heteroatoms. The summed E-state index contributed by atoms with van der Waals surface area (Å²) < 4.78 is 7.53. The predicted molar refractivity (Wildman–Crippen MR) is 88.1 cm³/mol. The van der Waals surface area contributed by atoms with Crippen molar-refractivity contribution in [3.63, 3.8) is 0 Å². The minimum absolute atomic E-state index is 0.552. The number of aliphatic hydroxyl groups excluding tert-OH is 1. The average molecular weight is 400 g/mol. The van der Waals surface area contributed by atoms with E-state index in [0.29, 0.717) is 13.0 Å². The van der Waals surface area contributed by atoms with Crippen molar-refractivity contribution in [3.8, 4) is 5.75 Å². The molecule has 1 atom stereocenters. The van der Waals surface area contributed by atoms with Gasteiger partial charge in [-0.2, -0.15) is 0 Å². The molecule has 0 spiro atoms. The van der Waals surface area contributed by atoms with Crippen molar-refractivity contribution in [2.45, 2.75) is 19.4 Å². The second kappa shape index (κ2) is 7.25. The lowest BCUT2D eigenvalue weighted by molar-refractivity contribution is 0.172. The molecule has 0 aliphatic rings. The summed E-state index contributed by atoms with van der Waals surface area (Å²) in [5.41, 5.74) is 1.88. The molecule has 0 fully saturated rings. The minimum Gasteiger partial charge on any atom is -0.493 e. The van der Waals surface area contributed by atoms with E-state index < -0.39 is 6.10 Å². The van der Waals surface area contributed by atoms with Crippen LogP contribution in [0.25, 0.3) is 0 Å². The largest absolute Gasteiger partial charge is 0.493 e. The first-order chi connectivity index (χ1) is 9.60. The van der Waals surface area contributed by atoms with Crippen LogP contribution in [0.5, 0.6) is 5.75 Å². The van der Waals surface area contributed by atoms with Crippen LogP contribution >= 0.6 is 31.9 Å². The quantitative estimate of drug-likeness (QED) is 0.775. The molecule has 0 heterocycles. The number of ether oxygens (including phenoxy) is 1. The topological polar surface area (TPSA) is 29.5 Å². The molecule has 2 aromatic rings. The second-order valence-corrected chi connectivity index (χ2v) is 6.30. The summed E-state index contributed by atoms with van der Waals surface area (Å²) in [6.45, 7) is 2.52. The van der Waals surface area contributed by atoms with Crippen molar-refractivity contribution in [1.82, 2.24) is 0 Å². The fraction of sp³-hybridized carbons (Fsp3) is 0.250. The smallest absolute Gasteiger partial charge is 0.125 e. The Balaban J connectivity index is 2.23. The maximum absolute atomic E-state index is 10.5. The summed E-state index contributed by atoms with van der Waals surface area (Å²) in [6.07, 6.45) is -0.0426. The van der Waals surface area contributed by atoms with Crippen LogP contribution in [-0.4, -0.2) is 11.7 Å². The molecule has 1 unspecified atom stereocenters. The van der Waals surface area contributed by atoms with Crippen LogP contribution in [0, 0.1) is 0 Å². The minimum atomic E-state index is -0.594.